The van der Waals surface area contributed by atoms with E-state index in [0.717, 1.165) is 3.57 Å². The molecule has 1 atom stereocenters. The summed E-state index contributed by atoms with van der Waals surface area (Å²) in [5.41, 5.74) is 0.297. The highest BCUT2D eigenvalue weighted by Crippen LogP contribution is 2.31. The van der Waals surface area contributed by atoms with Gasteiger partial charge in [0.05, 0.1) is 17.7 Å². The van der Waals surface area contributed by atoms with Crippen LogP contribution in [0.5, 0.6) is 5.75 Å². The van der Waals surface area contributed by atoms with E-state index in [4.69, 9.17) is 21.4 Å². The lowest BCUT2D eigenvalue weighted by Crippen LogP contribution is -2.40. The molecule has 1 N–H and O–H groups in total. The largest absolute Gasteiger partial charge is 0.496 e. The van der Waals surface area contributed by atoms with Gasteiger partial charge in [-0.3, -0.25) is 4.79 Å². The third kappa shape index (κ3) is 2.85. The number of halogens is 2. The molecular weight excluding hydrogens is 397 g/mol. The Hall–Kier alpha value is -1.02. The number of amides is 1. The van der Waals surface area contributed by atoms with Gasteiger partial charge < -0.3 is 14.7 Å². The zero-order valence-electron chi connectivity index (χ0n) is 10.7. The minimum absolute atomic E-state index is 0.297. The standard InChI is InChI=1S/C13H13ClINO4/c1-20-11-6-9(15)8(14)5-7(11)12(17)16-4-2-3-10(16)13(18)19/h5-6,10H,2-4H2,1H3,(H,18,19). The van der Waals surface area contributed by atoms with Gasteiger partial charge in [0.1, 0.15) is 11.8 Å². The summed E-state index contributed by atoms with van der Waals surface area (Å²) >= 11 is 8.09. The lowest BCUT2D eigenvalue weighted by Gasteiger charge is -2.22. The number of aliphatic carboxylic acids is 1. The van der Waals surface area contributed by atoms with E-state index in [2.05, 4.69) is 0 Å². The normalized spacial score (nSPS) is 18.1. The second-order valence-corrected chi connectivity index (χ2v) is 6.03. The summed E-state index contributed by atoms with van der Waals surface area (Å²) in [4.78, 5) is 25.1. The van der Waals surface area contributed by atoms with Gasteiger partial charge in [-0.25, -0.2) is 4.79 Å². The molecule has 7 heteroatoms. The van der Waals surface area contributed by atoms with Gasteiger partial charge in [-0.15, -0.1) is 0 Å². The monoisotopic (exact) mass is 409 g/mol. The first-order chi connectivity index (χ1) is 9.45. The summed E-state index contributed by atoms with van der Waals surface area (Å²) in [6, 6.07) is 2.43. The molecule has 0 aromatic heterocycles. The van der Waals surface area contributed by atoms with Crippen molar-refractivity contribution in [3.63, 3.8) is 0 Å². The van der Waals surface area contributed by atoms with Crippen molar-refractivity contribution >= 4 is 46.1 Å². The van der Waals surface area contributed by atoms with E-state index >= 15 is 0 Å². The topological polar surface area (TPSA) is 66.8 Å². The molecule has 1 unspecified atom stereocenters. The summed E-state index contributed by atoms with van der Waals surface area (Å²) in [5.74, 6) is -0.934. The van der Waals surface area contributed by atoms with Gasteiger partial charge in [0, 0.05) is 10.1 Å². The van der Waals surface area contributed by atoms with Crippen molar-refractivity contribution in [1.29, 1.82) is 0 Å². The van der Waals surface area contributed by atoms with Crippen LogP contribution >= 0.6 is 34.2 Å². The molecule has 0 aliphatic carbocycles. The van der Waals surface area contributed by atoms with Crippen LogP contribution in [0.15, 0.2) is 12.1 Å². The Morgan fingerprint density at radius 2 is 2.20 bits per heavy atom. The SMILES string of the molecule is COc1cc(I)c(Cl)cc1C(=O)N1CCCC1C(=O)O. The third-order valence-corrected chi connectivity index (χ3v) is 4.80. The number of carboxylic acids is 1. The first-order valence-corrected chi connectivity index (χ1v) is 7.48. The molecular formula is C13H13ClINO4. The predicted octanol–water partition coefficient (Wildman–Crippen LogP) is 2.64. The lowest BCUT2D eigenvalue weighted by atomic mass is 10.1. The van der Waals surface area contributed by atoms with E-state index < -0.39 is 12.0 Å². The number of likely N-dealkylation sites (tertiary alicyclic amines) is 1. The molecule has 2 rings (SSSR count). The van der Waals surface area contributed by atoms with Gasteiger partial charge in [-0.05, 0) is 47.6 Å². The van der Waals surface area contributed by atoms with Crippen molar-refractivity contribution < 1.29 is 19.4 Å². The fourth-order valence-corrected chi connectivity index (χ4v) is 2.89. The molecule has 0 bridgehead atoms. The molecule has 0 spiro atoms. The molecule has 1 fully saturated rings. The molecule has 1 aromatic rings. The van der Waals surface area contributed by atoms with Gasteiger partial charge >= 0.3 is 5.97 Å². The molecule has 0 saturated carbocycles. The molecule has 5 nitrogen and oxygen atoms in total. The van der Waals surface area contributed by atoms with Crippen LogP contribution in [-0.2, 0) is 4.79 Å². The van der Waals surface area contributed by atoms with E-state index in [1.807, 2.05) is 22.6 Å². The Kier molecular flexibility index (Phi) is 4.74. The minimum Gasteiger partial charge on any atom is -0.496 e. The van der Waals surface area contributed by atoms with Crippen LogP contribution < -0.4 is 4.74 Å². The number of rotatable bonds is 3. The number of hydrogen-bond donors (Lipinski definition) is 1. The molecule has 0 radical (unpaired) electrons. The second-order valence-electron chi connectivity index (χ2n) is 4.46. The van der Waals surface area contributed by atoms with Crippen molar-refractivity contribution in [2.45, 2.75) is 18.9 Å². The third-order valence-electron chi connectivity index (χ3n) is 3.27. The summed E-state index contributed by atoms with van der Waals surface area (Å²) in [6.45, 7) is 0.433. The van der Waals surface area contributed by atoms with E-state index in [-0.39, 0.29) is 5.91 Å². The fourth-order valence-electron chi connectivity index (χ4n) is 2.29. The zero-order valence-corrected chi connectivity index (χ0v) is 13.6. The van der Waals surface area contributed by atoms with Crippen LogP contribution in [0.3, 0.4) is 0 Å². The molecule has 1 aliphatic rings. The summed E-state index contributed by atoms with van der Waals surface area (Å²) in [5, 5.41) is 9.60. The Bertz CT molecular complexity index is 564. The Labute approximate surface area is 135 Å². The van der Waals surface area contributed by atoms with Gasteiger partial charge in [0.25, 0.3) is 5.91 Å². The molecule has 108 valence electrons. The van der Waals surface area contributed by atoms with Crippen LogP contribution in [0.25, 0.3) is 0 Å². The van der Waals surface area contributed by atoms with Crippen molar-refractivity contribution in [3.05, 3.63) is 26.3 Å². The van der Waals surface area contributed by atoms with E-state index in [1.54, 1.807) is 6.07 Å². The van der Waals surface area contributed by atoms with Gasteiger partial charge in [-0.1, -0.05) is 11.6 Å². The molecule has 20 heavy (non-hydrogen) atoms. The highest BCUT2D eigenvalue weighted by Gasteiger charge is 2.35. The number of carbonyl (C=O) groups excluding carboxylic acids is 1. The average Bonchev–Trinajstić information content (AvgIpc) is 2.90. The number of carbonyl (C=O) groups is 2. The van der Waals surface area contributed by atoms with Gasteiger partial charge in [-0.2, -0.15) is 0 Å². The average molecular weight is 410 g/mol. The Morgan fingerprint density at radius 1 is 1.50 bits per heavy atom. The fraction of sp³-hybridized carbons (Fsp3) is 0.385. The molecule has 1 amide bonds. The molecule has 1 aliphatic heterocycles. The maximum absolute atomic E-state index is 12.5. The number of benzene rings is 1. The Morgan fingerprint density at radius 3 is 2.80 bits per heavy atom. The number of nitrogens with zero attached hydrogens (tertiary/aromatic N) is 1. The number of hydrogen-bond acceptors (Lipinski definition) is 3. The van der Waals surface area contributed by atoms with Gasteiger partial charge in [0.2, 0.25) is 0 Å². The minimum atomic E-state index is -0.980. The van der Waals surface area contributed by atoms with Crippen molar-refractivity contribution in [2.24, 2.45) is 0 Å². The van der Waals surface area contributed by atoms with Crippen molar-refractivity contribution in [1.82, 2.24) is 4.90 Å². The maximum Gasteiger partial charge on any atom is 0.326 e. The number of carboxylic acid groups (broad SMARTS) is 1. The van der Waals surface area contributed by atoms with Crippen LogP contribution in [0.2, 0.25) is 5.02 Å². The highest BCUT2D eigenvalue weighted by molar-refractivity contribution is 14.1. The Balaban J connectivity index is 2.38. The summed E-state index contributed by atoms with van der Waals surface area (Å²) in [6.07, 6.45) is 1.16. The van der Waals surface area contributed by atoms with Crippen LogP contribution in [0.4, 0.5) is 0 Å². The van der Waals surface area contributed by atoms with Crippen LogP contribution in [0.1, 0.15) is 23.2 Å². The second kappa shape index (κ2) is 6.17. The van der Waals surface area contributed by atoms with E-state index in [1.165, 1.54) is 18.1 Å². The molecule has 1 aromatic carbocycles. The summed E-state index contributed by atoms with van der Waals surface area (Å²) < 4.78 is 5.97. The zero-order chi connectivity index (χ0) is 14.9. The number of methoxy groups -OCH3 is 1. The smallest absolute Gasteiger partial charge is 0.326 e. The highest BCUT2D eigenvalue weighted by atomic mass is 127. The number of ether oxygens (including phenoxy) is 1. The van der Waals surface area contributed by atoms with E-state index in [9.17, 15) is 9.59 Å². The first kappa shape index (κ1) is 15.4. The first-order valence-electron chi connectivity index (χ1n) is 6.02. The van der Waals surface area contributed by atoms with Crippen molar-refractivity contribution in [2.75, 3.05) is 13.7 Å². The summed E-state index contributed by atoms with van der Waals surface area (Å²) in [7, 11) is 1.47. The van der Waals surface area contributed by atoms with Crippen LogP contribution in [0, 0.1) is 3.57 Å². The van der Waals surface area contributed by atoms with Gasteiger partial charge in [0.15, 0.2) is 0 Å². The lowest BCUT2D eigenvalue weighted by molar-refractivity contribution is -0.141. The predicted molar refractivity (Wildman–Crippen MR) is 82.4 cm³/mol. The quantitative estimate of drug-likeness (QED) is 0.780. The maximum atomic E-state index is 12.5. The van der Waals surface area contributed by atoms with Crippen LogP contribution in [-0.4, -0.2) is 41.6 Å². The van der Waals surface area contributed by atoms with Crippen molar-refractivity contribution in [3.8, 4) is 5.75 Å². The van der Waals surface area contributed by atoms with E-state index in [0.29, 0.717) is 35.7 Å². The molecule has 1 saturated heterocycles. The molecule has 1 heterocycles.